The molecule has 2 heterocycles. The number of hydrogen-bond donors (Lipinski definition) is 3. The number of hydrogen-bond acceptors (Lipinski definition) is 6. The van der Waals surface area contributed by atoms with Gasteiger partial charge >= 0.3 is 0 Å². The van der Waals surface area contributed by atoms with E-state index >= 15 is 0 Å². The van der Waals surface area contributed by atoms with Gasteiger partial charge in [-0.3, -0.25) is 14.6 Å². The Hall–Kier alpha value is -4.14. The number of amides is 2. The van der Waals surface area contributed by atoms with Crippen molar-refractivity contribution >= 4 is 34.7 Å². The third-order valence-electron chi connectivity index (χ3n) is 5.15. The number of rotatable bonds is 7. The maximum atomic E-state index is 12.5. The normalized spacial score (nSPS) is 14.3. The smallest absolute Gasteiger partial charge is 0.273 e. The molecule has 1 fully saturated rings. The Morgan fingerprint density at radius 1 is 1.18 bits per heavy atom. The molecule has 0 atom stereocenters. The predicted octanol–water partition coefficient (Wildman–Crippen LogP) is 3.66. The van der Waals surface area contributed by atoms with E-state index in [0.29, 0.717) is 34.3 Å². The van der Waals surface area contributed by atoms with Gasteiger partial charge in [0.1, 0.15) is 22.9 Å². The van der Waals surface area contributed by atoms with E-state index in [1.807, 2.05) is 25.1 Å². The molecule has 0 unspecified atom stereocenters. The molecule has 1 aliphatic carbocycles. The molecule has 170 valence electrons. The Morgan fingerprint density at radius 2 is 1.94 bits per heavy atom. The van der Waals surface area contributed by atoms with Gasteiger partial charge in [0.15, 0.2) is 5.82 Å². The fourth-order valence-electron chi connectivity index (χ4n) is 3.23. The van der Waals surface area contributed by atoms with Gasteiger partial charge in [-0.1, -0.05) is 6.07 Å². The number of pyridine rings is 1. The van der Waals surface area contributed by atoms with Crippen LogP contribution in [0.15, 0.2) is 59.5 Å². The van der Waals surface area contributed by atoms with E-state index in [2.05, 4.69) is 20.6 Å². The monoisotopic (exact) mass is 446 g/mol. The lowest BCUT2D eigenvalue weighted by atomic mass is 10.2. The summed E-state index contributed by atoms with van der Waals surface area (Å²) in [6.45, 7) is 3.58. The van der Waals surface area contributed by atoms with Gasteiger partial charge in [0.2, 0.25) is 5.91 Å². The van der Waals surface area contributed by atoms with Crippen molar-refractivity contribution in [3.8, 4) is 11.5 Å². The van der Waals surface area contributed by atoms with Crippen LogP contribution in [0.2, 0.25) is 0 Å². The van der Waals surface area contributed by atoms with Crippen molar-refractivity contribution in [1.29, 1.82) is 0 Å². The molecule has 2 aromatic heterocycles. The number of carbonyl (C=O) groups excluding carboxylic acids is 2. The van der Waals surface area contributed by atoms with Crippen molar-refractivity contribution in [2.45, 2.75) is 26.7 Å². The quantitative estimate of drug-likeness (QED) is 0.478. The number of fused-ring (bicyclic) bond motifs is 1. The van der Waals surface area contributed by atoms with E-state index in [4.69, 9.17) is 10.5 Å². The van der Waals surface area contributed by atoms with Gasteiger partial charge in [0.25, 0.3) is 5.91 Å². The van der Waals surface area contributed by atoms with Gasteiger partial charge < -0.3 is 25.5 Å². The van der Waals surface area contributed by atoms with Gasteiger partial charge in [-0.25, -0.2) is 4.98 Å². The Labute approximate surface area is 191 Å². The summed E-state index contributed by atoms with van der Waals surface area (Å²) in [4.78, 5) is 32.9. The number of carbonyl (C=O) groups is 2. The SMILES string of the molecule is CN=C(/C=C(/C)N)C(=O)Nc1cc(Oc2ccc3nc(NC(=O)C4CC4)cn3c2)ccc1C. The van der Waals surface area contributed by atoms with Crippen LogP contribution >= 0.6 is 0 Å². The van der Waals surface area contributed by atoms with Gasteiger partial charge in [-0.15, -0.1) is 0 Å². The van der Waals surface area contributed by atoms with E-state index in [1.165, 1.54) is 13.1 Å². The minimum Gasteiger partial charge on any atom is -0.456 e. The first-order valence-corrected chi connectivity index (χ1v) is 10.6. The predicted molar refractivity (Wildman–Crippen MR) is 128 cm³/mol. The molecular weight excluding hydrogens is 420 g/mol. The van der Waals surface area contributed by atoms with Crippen molar-refractivity contribution in [1.82, 2.24) is 9.38 Å². The first-order valence-electron chi connectivity index (χ1n) is 10.6. The van der Waals surface area contributed by atoms with Crippen LogP contribution in [0.4, 0.5) is 11.5 Å². The molecule has 1 saturated carbocycles. The highest BCUT2D eigenvalue weighted by Crippen LogP contribution is 2.30. The topological polar surface area (TPSA) is 123 Å². The van der Waals surface area contributed by atoms with Gasteiger partial charge in [-0.05, 0) is 56.5 Å². The zero-order chi connectivity index (χ0) is 23.5. The number of allylic oxidation sites excluding steroid dienone is 1. The molecule has 4 rings (SSSR count). The molecule has 4 N–H and O–H groups in total. The lowest BCUT2D eigenvalue weighted by molar-refractivity contribution is -0.117. The van der Waals surface area contributed by atoms with Crippen LogP contribution in [0, 0.1) is 12.8 Å². The minimum atomic E-state index is -0.358. The number of benzene rings is 1. The highest BCUT2D eigenvalue weighted by Gasteiger charge is 2.30. The summed E-state index contributed by atoms with van der Waals surface area (Å²) in [6.07, 6.45) is 6.93. The van der Waals surface area contributed by atoms with Crippen LogP contribution in [0.1, 0.15) is 25.3 Å². The largest absolute Gasteiger partial charge is 0.456 e. The zero-order valence-corrected chi connectivity index (χ0v) is 18.8. The molecular formula is C24H26N6O3. The molecule has 3 aromatic rings. The van der Waals surface area contributed by atoms with E-state index in [1.54, 1.807) is 35.9 Å². The number of anilines is 2. The number of nitrogens with two attached hydrogens (primary N) is 1. The second kappa shape index (κ2) is 9.15. The van der Waals surface area contributed by atoms with Crippen LogP contribution in [0.5, 0.6) is 11.5 Å². The van der Waals surface area contributed by atoms with Crippen molar-refractivity contribution in [2.75, 3.05) is 17.7 Å². The number of aliphatic imine (C=N–C) groups is 1. The second-order valence-electron chi connectivity index (χ2n) is 8.05. The Balaban J connectivity index is 1.50. The Bertz CT molecular complexity index is 1280. The number of nitrogens with one attached hydrogen (secondary N) is 2. The highest BCUT2D eigenvalue weighted by atomic mass is 16.5. The first-order chi connectivity index (χ1) is 15.8. The molecule has 0 bridgehead atoms. The van der Waals surface area contributed by atoms with Gasteiger partial charge in [0.05, 0.1) is 12.4 Å². The summed E-state index contributed by atoms with van der Waals surface area (Å²) in [5, 5.41) is 5.70. The number of aromatic nitrogens is 2. The third-order valence-corrected chi connectivity index (χ3v) is 5.15. The molecule has 2 amide bonds. The number of imidazole rings is 1. The van der Waals surface area contributed by atoms with Gasteiger partial charge in [0, 0.05) is 30.4 Å². The van der Waals surface area contributed by atoms with E-state index in [0.717, 1.165) is 18.4 Å². The molecule has 1 aromatic carbocycles. The highest BCUT2D eigenvalue weighted by molar-refractivity contribution is 6.47. The van der Waals surface area contributed by atoms with Crippen LogP contribution in [0.3, 0.4) is 0 Å². The molecule has 0 aliphatic heterocycles. The fourth-order valence-corrected chi connectivity index (χ4v) is 3.23. The van der Waals surface area contributed by atoms with Crippen LogP contribution in [0.25, 0.3) is 5.65 Å². The minimum absolute atomic E-state index is 0.0116. The molecule has 9 heteroatoms. The molecule has 33 heavy (non-hydrogen) atoms. The average molecular weight is 447 g/mol. The fraction of sp³-hybridized carbons (Fsp3) is 0.250. The summed E-state index contributed by atoms with van der Waals surface area (Å²) < 4.78 is 7.80. The number of ether oxygens (including phenoxy) is 1. The Morgan fingerprint density at radius 3 is 2.64 bits per heavy atom. The van der Waals surface area contributed by atoms with Crippen LogP contribution in [-0.2, 0) is 9.59 Å². The maximum Gasteiger partial charge on any atom is 0.273 e. The average Bonchev–Trinajstić information content (AvgIpc) is 3.55. The molecule has 1 aliphatic rings. The van der Waals surface area contributed by atoms with E-state index < -0.39 is 0 Å². The third kappa shape index (κ3) is 5.38. The van der Waals surface area contributed by atoms with Gasteiger partial charge in [-0.2, -0.15) is 0 Å². The first kappa shape index (κ1) is 22.1. The van der Waals surface area contributed by atoms with Crippen molar-refractivity contribution in [3.05, 3.63) is 60.1 Å². The summed E-state index contributed by atoms with van der Waals surface area (Å²) in [5.41, 5.74) is 8.57. The summed E-state index contributed by atoms with van der Waals surface area (Å²) in [7, 11) is 1.54. The summed E-state index contributed by atoms with van der Waals surface area (Å²) >= 11 is 0. The van der Waals surface area contributed by atoms with Crippen LogP contribution in [-0.4, -0.2) is 34.0 Å². The molecule has 0 saturated heterocycles. The molecule has 0 spiro atoms. The standard InChI is InChI=1S/C24H26N6O3/c1-14-4-7-17(11-19(14)27-24(32)20(26-3)10-15(2)25)33-18-8-9-22-28-21(13-30(22)12-18)29-23(31)16-5-6-16/h4,7-13,16H,5-6,25H2,1-3H3,(H,27,32)(H,29,31)/b15-10-,26-20?. The van der Waals surface area contributed by atoms with Crippen molar-refractivity contribution < 1.29 is 14.3 Å². The zero-order valence-electron chi connectivity index (χ0n) is 18.8. The number of nitrogens with zero attached hydrogens (tertiary/aromatic N) is 3. The van der Waals surface area contributed by atoms with Crippen molar-refractivity contribution in [3.63, 3.8) is 0 Å². The van der Waals surface area contributed by atoms with E-state index in [-0.39, 0.29) is 23.4 Å². The number of aryl methyl sites for hydroxylation is 1. The second-order valence-corrected chi connectivity index (χ2v) is 8.05. The lowest BCUT2D eigenvalue weighted by Gasteiger charge is -2.12. The van der Waals surface area contributed by atoms with Crippen LogP contribution < -0.4 is 21.1 Å². The Kier molecular flexibility index (Phi) is 6.12. The molecule has 9 nitrogen and oxygen atoms in total. The summed E-state index contributed by atoms with van der Waals surface area (Å²) in [5.74, 6) is 1.41. The molecule has 0 radical (unpaired) electrons. The maximum absolute atomic E-state index is 12.5. The van der Waals surface area contributed by atoms with E-state index in [9.17, 15) is 9.59 Å². The lowest BCUT2D eigenvalue weighted by Crippen LogP contribution is -2.22. The summed E-state index contributed by atoms with van der Waals surface area (Å²) in [6, 6.07) is 9.04. The van der Waals surface area contributed by atoms with Crippen molar-refractivity contribution in [2.24, 2.45) is 16.6 Å².